The summed E-state index contributed by atoms with van der Waals surface area (Å²) in [5.41, 5.74) is 0. The van der Waals surface area contributed by atoms with Crippen LogP contribution in [0.4, 0.5) is 0 Å². The first-order chi connectivity index (χ1) is 7.30. The van der Waals surface area contributed by atoms with E-state index in [1.807, 2.05) is 18.2 Å². The highest BCUT2D eigenvalue weighted by atomic mass is 79.9. The fourth-order valence-electron chi connectivity index (χ4n) is 1.11. The summed E-state index contributed by atoms with van der Waals surface area (Å²) in [6.07, 6.45) is 0.972. The Morgan fingerprint density at radius 2 is 1.53 bits per heavy atom. The summed E-state index contributed by atoms with van der Waals surface area (Å²) >= 11 is 3.35. The van der Waals surface area contributed by atoms with Crippen molar-refractivity contribution in [2.75, 3.05) is 26.2 Å². The van der Waals surface area contributed by atoms with Gasteiger partial charge in [0.2, 0.25) is 0 Å². The van der Waals surface area contributed by atoms with Crippen molar-refractivity contribution in [1.29, 1.82) is 0 Å². The van der Waals surface area contributed by atoms with E-state index in [-0.39, 0.29) is 0 Å². The second-order valence-electron chi connectivity index (χ2n) is 2.94. The van der Waals surface area contributed by atoms with Crippen molar-refractivity contribution in [2.45, 2.75) is 6.42 Å². The van der Waals surface area contributed by atoms with E-state index >= 15 is 0 Å². The molecule has 0 aromatic heterocycles. The Balaban J connectivity index is 2.68. The summed E-state index contributed by atoms with van der Waals surface area (Å²) in [6, 6.07) is 5.50. The van der Waals surface area contributed by atoms with Crippen molar-refractivity contribution >= 4 is 15.9 Å². The number of benzene rings is 1. The predicted octanol–water partition coefficient (Wildman–Crippen LogP) is 2.87. The number of halogens is 1. The Labute approximate surface area is 98.5 Å². The van der Waals surface area contributed by atoms with Gasteiger partial charge in [-0.05, 0) is 6.42 Å². The first-order valence-corrected chi connectivity index (χ1v) is 5.84. The van der Waals surface area contributed by atoms with E-state index in [9.17, 15) is 0 Å². The Kier molecular flexibility index (Phi) is 5.32. The lowest BCUT2D eigenvalue weighted by atomic mass is 10.3. The molecular weight excluding hydrogens is 260 g/mol. The van der Waals surface area contributed by atoms with Gasteiger partial charge in [-0.1, -0.05) is 15.9 Å². The fraction of sp³-hybridized carbons (Fsp3) is 0.455. The van der Waals surface area contributed by atoms with E-state index in [0.717, 1.165) is 29.0 Å². The maximum absolute atomic E-state index is 5.54. The van der Waals surface area contributed by atoms with Crippen molar-refractivity contribution < 1.29 is 14.2 Å². The second kappa shape index (κ2) is 6.56. The first kappa shape index (κ1) is 12.2. The number of ether oxygens (including phenoxy) is 3. The molecule has 0 aliphatic rings. The average molecular weight is 275 g/mol. The predicted molar refractivity (Wildman–Crippen MR) is 63.5 cm³/mol. The van der Waals surface area contributed by atoms with Crippen LogP contribution in [0, 0.1) is 0 Å². The molecule has 4 heteroatoms. The lowest BCUT2D eigenvalue weighted by Gasteiger charge is -2.09. The minimum Gasteiger partial charge on any atom is -0.496 e. The van der Waals surface area contributed by atoms with Crippen molar-refractivity contribution in [3.63, 3.8) is 0 Å². The van der Waals surface area contributed by atoms with Crippen LogP contribution in [0.5, 0.6) is 17.2 Å². The Morgan fingerprint density at radius 3 is 2.00 bits per heavy atom. The number of alkyl halides is 1. The van der Waals surface area contributed by atoms with Gasteiger partial charge in [-0.15, -0.1) is 0 Å². The molecule has 1 aromatic carbocycles. The van der Waals surface area contributed by atoms with E-state index in [1.54, 1.807) is 14.2 Å². The number of hydrogen-bond donors (Lipinski definition) is 0. The van der Waals surface area contributed by atoms with Crippen LogP contribution in [0.3, 0.4) is 0 Å². The highest BCUT2D eigenvalue weighted by Crippen LogP contribution is 2.27. The highest BCUT2D eigenvalue weighted by Gasteiger charge is 2.02. The maximum Gasteiger partial charge on any atom is 0.126 e. The van der Waals surface area contributed by atoms with Crippen LogP contribution in [0.2, 0.25) is 0 Å². The lowest BCUT2D eigenvalue weighted by molar-refractivity contribution is 0.312. The number of rotatable bonds is 6. The van der Waals surface area contributed by atoms with Crippen LogP contribution in [-0.2, 0) is 0 Å². The van der Waals surface area contributed by atoms with Crippen LogP contribution >= 0.6 is 15.9 Å². The van der Waals surface area contributed by atoms with Crippen molar-refractivity contribution in [3.05, 3.63) is 18.2 Å². The van der Waals surface area contributed by atoms with E-state index in [4.69, 9.17) is 14.2 Å². The van der Waals surface area contributed by atoms with Gasteiger partial charge in [-0.2, -0.15) is 0 Å². The topological polar surface area (TPSA) is 27.7 Å². The fourth-order valence-corrected chi connectivity index (χ4v) is 1.34. The summed E-state index contributed by atoms with van der Waals surface area (Å²) in [6.45, 7) is 0.682. The Hall–Kier alpha value is -0.900. The van der Waals surface area contributed by atoms with Gasteiger partial charge in [0.1, 0.15) is 17.2 Å². The van der Waals surface area contributed by atoms with E-state index < -0.39 is 0 Å². The molecule has 3 nitrogen and oxygen atoms in total. The standard InChI is InChI=1S/C11H15BrO3/c1-13-9-6-10(14-2)8-11(7-9)15-5-3-4-12/h6-8H,3-5H2,1-2H3. The third-order valence-corrected chi connectivity index (χ3v) is 2.43. The van der Waals surface area contributed by atoms with Crippen LogP contribution < -0.4 is 14.2 Å². The number of methoxy groups -OCH3 is 2. The average Bonchev–Trinajstić information content (AvgIpc) is 2.29. The van der Waals surface area contributed by atoms with Gasteiger partial charge in [0.25, 0.3) is 0 Å². The molecular formula is C11H15BrO3. The van der Waals surface area contributed by atoms with Gasteiger partial charge in [0.15, 0.2) is 0 Å². The van der Waals surface area contributed by atoms with Gasteiger partial charge in [-0.3, -0.25) is 0 Å². The molecule has 0 aliphatic heterocycles. The van der Waals surface area contributed by atoms with E-state index in [2.05, 4.69) is 15.9 Å². The molecule has 0 N–H and O–H groups in total. The highest BCUT2D eigenvalue weighted by molar-refractivity contribution is 9.09. The van der Waals surface area contributed by atoms with Gasteiger partial charge in [0.05, 0.1) is 20.8 Å². The van der Waals surface area contributed by atoms with Crippen molar-refractivity contribution in [1.82, 2.24) is 0 Å². The molecule has 1 rings (SSSR count). The van der Waals surface area contributed by atoms with Gasteiger partial charge >= 0.3 is 0 Å². The monoisotopic (exact) mass is 274 g/mol. The van der Waals surface area contributed by atoms with Crippen LogP contribution in [0.1, 0.15) is 6.42 Å². The van der Waals surface area contributed by atoms with Gasteiger partial charge < -0.3 is 14.2 Å². The van der Waals surface area contributed by atoms with Gasteiger partial charge in [-0.25, -0.2) is 0 Å². The molecule has 0 fully saturated rings. The molecule has 0 spiro atoms. The third kappa shape index (κ3) is 4.00. The molecule has 0 heterocycles. The molecule has 0 radical (unpaired) electrons. The van der Waals surface area contributed by atoms with E-state index in [1.165, 1.54) is 0 Å². The molecule has 0 atom stereocenters. The maximum atomic E-state index is 5.54. The zero-order valence-electron chi connectivity index (χ0n) is 8.96. The zero-order valence-corrected chi connectivity index (χ0v) is 10.5. The lowest BCUT2D eigenvalue weighted by Crippen LogP contribution is -1.98. The third-order valence-electron chi connectivity index (χ3n) is 1.87. The number of hydrogen-bond acceptors (Lipinski definition) is 3. The molecule has 0 aliphatic carbocycles. The van der Waals surface area contributed by atoms with Crippen LogP contribution in [-0.4, -0.2) is 26.2 Å². The molecule has 1 aromatic rings. The van der Waals surface area contributed by atoms with Crippen molar-refractivity contribution in [2.24, 2.45) is 0 Å². The minimum atomic E-state index is 0.682. The van der Waals surface area contributed by atoms with Crippen LogP contribution in [0.15, 0.2) is 18.2 Å². The SMILES string of the molecule is COc1cc(OC)cc(OCCCBr)c1. The second-order valence-corrected chi connectivity index (χ2v) is 3.73. The summed E-state index contributed by atoms with van der Waals surface area (Å²) in [7, 11) is 3.24. The summed E-state index contributed by atoms with van der Waals surface area (Å²) in [5.74, 6) is 2.25. The summed E-state index contributed by atoms with van der Waals surface area (Å²) in [5, 5.41) is 0.939. The molecule has 0 bridgehead atoms. The molecule has 84 valence electrons. The quantitative estimate of drug-likeness (QED) is 0.590. The minimum absolute atomic E-state index is 0.682. The molecule has 15 heavy (non-hydrogen) atoms. The Bertz CT molecular complexity index is 280. The molecule has 0 unspecified atom stereocenters. The van der Waals surface area contributed by atoms with Gasteiger partial charge in [0, 0.05) is 23.5 Å². The first-order valence-electron chi connectivity index (χ1n) is 4.72. The normalized spacial score (nSPS) is 9.80. The van der Waals surface area contributed by atoms with Crippen molar-refractivity contribution in [3.8, 4) is 17.2 Å². The summed E-state index contributed by atoms with van der Waals surface area (Å²) in [4.78, 5) is 0. The van der Waals surface area contributed by atoms with E-state index in [0.29, 0.717) is 6.61 Å². The zero-order chi connectivity index (χ0) is 11.1. The largest absolute Gasteiger partial charge is 0.496 e. The molecule has 0 saturated carbocycles. The Morgan fingerprint density at radius 1 is 1.00 bits per heavy atom. The van der Waals surface area contributed by atoms with Crippen LogP contribution in [0.25, 0.3) is 0 Å². The molecule has 0 amide bonds. The molecule has 0 saturated heterocycles. The summed E-state index contributed by atoms with van der Waals surface area (Å²) < 4.78 is 15.8. The smallest absolute Gasteiger partial charge is 0.126 e.